The number of alkyl carbamates (subject to hydrolysis) is 1. The van der Waals surface area contributed by atoms with Crippen LogP contribution in [-0.2, 0) is 4.74 Å². The van der Waals surface area contributed by atoms with Gasteiger partial charge in [-0.1, -0.05) is 20.3 Å². The molecular weight excluding hydrogens is 292 g/mol. The topological polar surface area (TPSA) is 70.6 Å². The third-order valence-corrected chi connectivity index (χ3v) is 4.44. The first-order valence-corrected chi connectivity index (χ1v) is 9.03. The summed E-state index contributed by atoms with van der Waals surface area (Å²) in [4.78, 5) is 11.8. The lowest BCUT2D eigenvalue weighted by Crippen LogP contribution is -2.40. The first-order valence-electron chi connectivity index (χ1n) is 9.03. The first-order chi connectivity index (χ1) is 10.7. The average Bonchev–Trinajstić information content (AvgIpc) is 2.40. The molecule has 0 saturated heterocycles. The zero-order valence-electron chi connectivity index (χ0n) is 15.5. The van der Waals surface area contributed by atoms with Crippen LogP contribution in [0.25, 0.3) is 0 Å². The van der Waals surface area contributed by atoms with Crippen LogP contribution in [0.5, 0.6) is 0 Å². The summed E-state index contributed by atoms with van der Waals surface area (Å²) < 4.78 is 5.28. The molecular formula is C18H36N2O3. The molecule has 0 heterocycles. The number of aliphatic hydroxyl groups is 1. The van der Waals surface area contributed by atoms with Crippen LogP contribution in [0, 0.1) is 17.8 Å². The molecule has 1 amide bonds. The zero-order valence-corrected chi connectivity index (χ0v) is 15.5. The van der Waals surface area contributed by atoms with E-state index in [2.05, 4.69) is 24.5 Å². The van der Waals surface area contributed by atoms with Gasteiger partial charge >= 0.3 is 6.09 Å². The normalized spacial score (nSPS) is 23.6. The SMILES string of the molecule is CC(C)C(CNCC1CCCC(O)C1)CNC(=O)OC(C)(C)C. The number of nitrogens with one attached hydrogen (secondary N) is 2. The number of hydrogen-bond acceptors (Lipinski definition) is 4. The molecule has 1 fully saturated rings. The molecule has 0 radical (unpaired) electrons. The molecule has 1 aliphatic rings. The summed E-state index contributed by atoms with van der Waals surface area (Å²) in [6.45, 7) is 12.4. The van der Waals surface area contributed by atoms with Crippen molar-refractivity contribution in [3.8, 4) is 0 Å². The van der Waals surface area contributed by atoms with Crippen LogP contribution < -0.4 is 10.6 Å². The standard InChI is InChI=1S/C18H36N2O3/c1-13(2)15(12-20-17(22)23-18(3,4)5)11-19-10-14-7-6-8-16(21)9-14/h13-16,19,21H,6-12H2,1-5H3,(H,20,22). The second-order valence-electron chi connectivity index (χ2n) is 8.23. The van der Waals surface area contributed by atoms with E-state index in [0.29, 0.717) is 24.3 Å². The van der Waals surface area contributed by atoms with E-state index in [1.165, 1.54) is 6.42 Å². The molecule has 3 atom stereocenters. The maximum Gasteiger partial charge on any atom is 0.407 e. The van der Waals surface area contributed by atoms with Gasteiger partial charge in [0.15, 0.2) is 0 Å². The van der Waals surface area contributed by atoms with Gasteiger partial charge in [-0.05, 0) is 70.9 Å². The van der Waals surface area contributed by atoms with Crippen molar-refractivity contribution in [2.45, 2.75) is 72.0 Å². The molecule has 1 saturated carbocycles. The highest BCUT2D eigenvalue weighted by atomic mass is 16.6. The predicted molar refractivity (Wildman–Crippen MR) is 93.4 cm³/mol. The van der Waals surface area contributed by atoms with Crippen LogP contribution in [0.15, 0.2) is 0 Å². The van der Waals surface area contributed by atoms with Crippen molar-refractivity contribution >= 4 is 6.09 Å². The summed E-state index contributed by atoms with van der Waals surface area (Å²) in [5, 5.41) is 16.1. The van der Waals surface area contributed by atoms with E-state index in [9.17, 15) is 9.90 Å². The third-order valence-electron chi connectivity index (χ3n) is 4.44. The van der Waals surface area contributed by atoms with Crippen LogP contribution in [0.4, 0.5) is 4.79 Å². The molecule has 3 unspecified atom stereocenters. The van der Waals surface area contributed by atoms with Crippen molar-refractivity contribution in [1.29, 1.82) is 0 Å². The Labute approximate surface area is 141 Å². The molecule has 0 bridgehead atoms. The van der Waals surface area contributed by atoms with Gasteiger partial charge in [0.25, 0.3) is 0 Å². The van der Waals surface area contributed by atoms with Crippen molar-refractivity contribution < 1.29 is 14.6 Å². The smallest absolute Gasteiger partial charge is 0.407 e. The molecule has 0 aromatic heterocycles. The summed E-state index contributed by atoms with van der Waals surface area (Å²) >= 11 is 0. The Morgan fingerprint density at radius 3 is 2.52 bits per heavy atom. The number of carbonyl (C=O) groups is 1. The van der Waals surface area contributed by atoms with Crippen molar-refractivity contribution in [3.63, 3.8) is 0 Å². The lowest BCUT2D eigenvalue weighted by atomic mass is 9.87. The van der Waals surface area contributed by atoms with Crippen LogP contribution in [-0.4, -0.2) is 42.5 Å². The van der Waals surface area contributed by atoms with Gasteiger partial charge in [0.05, 0.1) is 6.10 Å². The highest BCUT2D eigenvalue weighted by molar-refractivity contribution is 5.67. The number of aliphatic hydroxyl groups excluding tert-OH is 1. The molecule has 1 rings (SSSR count). The quantitative estimate of drug-likeness (QED) is 0.672. The molecule has 0 aliphatic heterocycles. The van der Waals surface area contributed by atoms with Crippen LogP contribution in [0.2, 0.25) is 0 Å². The van der Waals surface area contributed by atoms with Gasteiger partial charge in [-0.3, -0.25) is 0 Å². The molecule has 1 aliphatic carbocycles. The van der Waals surface area contributed by atoms with Crippen molar-refractivity contribution in [2.24, 2.45) is 17.8 Å². The van der Waals surface area contributed by atoms with E-state index in [1.807, 2.05) is 20.8 Å². The Morgan fingerprint density at radius 2 is 1.96 bits per heavy atom. The van der Waals surface area contributed by atoms with Gasteiger partial charge in [-0.25, -0.2) is 4.79 Å². The molecule has 0 spiro atoms. The minimum absolute atomic E-state index is 0.120. The lowest BCUT2D eigenvalue weighted by Gasteiger charge is -2.28. The van der Waals surface area contributed by atoms with Gasteiger partial charge in [0, 0.05) is 6.54 Å². The Kier molecular flexibility index (Phi) is 8.34. The number of amides is 1. The molecule has 0 aromatic rings. The summed E-state index contributed by atoms with van der Waals surface area (Å²) in [7, 11) is 0. The summed E-state index contributed by atoms with van der Waals surface area (Å²) in [6.07, 6.45) is 3.72. The van der Waals surface area contributed by atoms with Gasteiger partial charge in [0.1, 0.15) is 5.60 Å². The van der Waals surface area contributed by atoms with Gasteiger partial charge in [-0.15, -0.1) is 0 Å². The number of ether oxygens (including phenoxy) is 1. The van der Waals surface area contributed by atoms with Gasteiger partial charge in [0.2, 0.25) is 0 Å². The first kappa shape index (κ1) is 20.2. The summed E-state index contributed by atoms with van der Waals surface area (Å²) in [6, 6.07) is 0. The molecule has 3 N–H and O–H groups in total. The number of hydrogen-bond donors (Lipinski definition) is 3. The van der Waals surface area contributed by atoms with Crippen LogP contribution >= 0.6 is 0 Å². The van der Waals surface area contributed by atoms with Crippen LogP contribution in [0.1, 0.15) is 60.3 Å². The summed E-state index contributed by atoms with van der Waals surface area (Å²) in [5.41, 5.74) is -0.461. The molecule has 23 heavy (non-hydrogen) atoms. The summed E-state index contributed by atoms with van der Waals surface area (Å²) in [5.74, 6) is 1.43. The Morgan fingerprint density at radius 1 is 1.26 bits per heavy atom. The maximum atomic E-state index is 11.8. The fourth-order valence-electron chi connectivity index (χ4n) is 2.99. The third kappa shape index (κ3) is 9.16. The van der Waals surface area contributed by atoms with Crippen molar-refractivity contribution in [2.75, 3.05) is 19.6 Å². The predicted octanol–water partition coefficient (Wildman–Crippen LogP) is 2.92. The van der Waals surface area contributed by atoms with E-state index in [4.69, 9.17) is 4.74 Å². The largest absolute Gasteiger partial charge is 0.444 e. The Hall–Kier alpha value is -0.810. The van der Waals surface area contributed by atoms with E-state index in [1.54, 1.807) is 0 Å². The van der Waals surface area contributed by atoms with Gasteiger partial charge in [-0.2, -0.15) is 0 Å². The zero-order chi connectivity index (χ0) is 17.5. The minimum Gasteiger partial charge on any atom is -0.444 e. The Balaban J connectivity index is 2.27. The monoisotopic (exact) mass is 328 g/mol. The van der Waals surface area contributed by atoms with E-state index >= 15 is 0 Å². The highest BCUT2D eigenvalue weighted by Gasteiger charge is 2.21. The molecule has 5 nitrogen and oxygen atoms in total. The van der Waals surface area contributed by atoms with Gasteiger partial charge < -0.3 is 20.5 Å². The fraction of sp³-hybridized carbons (Fsp3) is 0.944. The molecule has 5 heteroatoms. The highest BCUT2D eigenvalue weighted by Crippen LogP contribution is 2.23. The van der Waals surface area contributed by atoms with Crippen molar-refractivity contribution in [1.82, 2.24) is 10.6 Å². The van der Waals surface area contributed by atoms with E-state index in [-0.39, 0.29) is 12.2 Å². The number of rotatable bonds is 7. The van der Waals surface area contributed by atoms with E-state index < -0.39 is 5.60 Å². The maximum absolute atomic E-state index is 11.8. The minimum atomic E-state index is -0.461. The van der Waals surface area contributed by atoms with Crippen LogP contribution in [0.3, 0.4) is 0 Å². The van der Waals surface area contributed by atoms with Crippen molar-refractivity contribution in [3.05, 3.63) is 0 Å². The Bertz CT molecular complexity index is 353. The second kappa shape index (κ2) is 9.48. The lowest BCUT2D eigenvalue weighted by molar-refractivity contribution is 0.0514. The molecule has 0 aromatic carbocycles. The molecule has 136 valence electrons. The fourth-order valence-corrected chi connectivity index (χ4v) is 2.99. The average molecular weight is 328 g/mol. The van der Waals surface area contributed by atoms with E-state index in [0.717, 1.165) is 32.4 Å². The number of carbonyl (C=O) groups excluding carboxylic acids is 1. The second-order valence-corrected chi connectivity index (χ2v) is 8.23.